The average Bonchev–Trinajstić information content (AvgIpc) is 3.03. The first-order valence-electron chi connectivity index (χ1n) is 6.15. The average molecular weight is 280 g/mol. The van der Waals surface area contributed by atoms with Crippen molar-refractivity contribution in [1.29, 1.82) is 0 Å². The number of hydrogen-bond acceptors (Lipinski definition) is 5. The number of thiazole rings is 1. The zero-order valence-electron chi connectivity index (χ0n) is 10.7. The monoisotopic (exact) mass is 280 g/mol. The molecule has 0 amide bonds. The van der Waals surface area contributed by atoms with Crippen LogP contribution in [0.3, 0.4) is 0 Å². The number of nitrogens with one attached hydrogen (secondary N) is 1. The van der Waals surface area contributed by atoms with Gasteiger partial charge in [-0.2, -0.15) is 0 Å². The van der Waals surface area contributed by atoms with Gasteiger partial charge in [-0.15, -0.1) is 11.3 Å². The predicted octanol–water partition coefficient (Wildman–Crippen LogP) is 2.33. The number of aromatic nitrogens is 1. The van der Waals surface area contributed by atoms with Gasteiger partial charge in [0.1, 0.15) is 10.6 Å². The second-order valence-electron chi connectivity index (χ2n) is 4.05. The van der Waals surface area contributed by atoms with Crippen LogP contribution in [0, 0.1) is 0 Å². The van der Waals surface area contributed by atoms with Gasteiger partial charge in [-0.25, -0.2) is 9.78 Å². The number of hydrogen-bond donors (Lipinski definition) is 2. The van der Waals surface area contributed by atoms with E-state index in [-0.39, 0.29) is 0 Å². The molecule has 2 rings (SSSR count). The summed E-state index contributed by atoms with van der Waals surface area (Å²) in [5.74, 6) is 0.00348. The SMILES string of the molecule is CCc1nc(CCNCc2ccco2)sc1C(=O)O. The van der Waals surface area contributed by atoms with Gasteiger partial charge in [0.05, 0.1) is 23.5 Å². The Hall–Kier alpha value is -1.66. The zero-order valence-corrected chi connectivity index (χ0v) is 11.5. The van der Waals surface area contributed by atoms with Crippen LogP contribution in [0.5, 0.6) is 0 Å². The van der Waals surface area contributed by atoms with Crippen molar-refractivity contribution in [3.05, 3.63) is 39.7 Å². The first-order chi connectivity index (χ1) is 9.20. The molecule has 0 aliphatic rings. The first-order valence-corrected chi connectivity index (χ1v) is 6.97. The van der Waals surface area contributed by atoms with Crippen LogP contribution in [0.25, 0.3) is 0 Å². The third-order valence-corrected chi connectivity index (χ3v) is 3.81. The summed E-state index contributed by atoms with van der Waals surface area (Å²) in [7, 11) is 0. The molecule has 0 radical (unpaired) electrons. The quantitative estimate of drug-likeness (QED) is 0.761. The molecule has 0 bridgehead atoms. The van der Waals surface area contributed by atoms with Gasteiger partial charge in [0.25, 0.3) is 0 Å². The third kappa shape index (κ3) is 3.65. The van der Waals surface area contributed by atoms with Crippen LogP contribution in [0.2, 0.25) is 0 Å². The molecule has 6 heteroatoms. The molecular formula is C13H16N2O3S. The molecule has 0 saturated carbocycles. The van der Waals surface area contributed by atoms with E-state index in [4.69, 9.17) is 9.52 Å². The highest BCUT2D eigenvalue weighted by Crippen LogP contribution is 2.19. The van der Waals surface area contributed by atoms with E-state index in [1.54, 1.807) is 6.26 Å². The second-order valence-corrected chi connectivity index (χ2v) is 5.13. The third-order valence-electron chi connectivity index (χ3n) is 2.67. The zero-order chi connectivity index (χ0) is 13.7. The number of aryl methyl sites for hydroxylation is 1. The fourth-order valence-corrected chi connectivity index (χ4v) is 2.73. The van der Waals surface area contributed by atoms with Crippen molar-refractivity contribution >= 4 is 17.3 Å². The minimum atomic E-state index is -0.885. The van der Waals surface area contributed by atoms with Gasteiger partial charge in [-0.1, -0.05) is 6.92 Å². The number of rotatable bonds is 7. The van der Waals surface area contributed by atoms with Crippen LogP contribution < -0.4 is 5.32 Å². The molecule has 2 aromatic heterocycles. The van der Waals surface area contributed by atoms with Crippen molar-refractivity contribution < 1.29 is 14.3 Å². The highest BCUT2D eigenvalue weighted by atomic mass is 32.1. The summed E-state index contributed by atoms with van der Waals surface area (Å²) in [5.41, 5.74) is 0.679. The van der Waals surface area contributed by atoms with Crippen LogP contribution in [-0.4, -0.2) is 22.6 Å². The fourth-order valence-electron chi connectivity index (χ4n) is 1.73. The van der Waals surface area contributed by atoms with Crippen molar-refractivity contribution in [3.63, 3.8) is 0 Å². The smallest absolute Gasteiger partial charge is 0.347 e. The van der Waals surface area contributed by atoms with Gasteiger partial charge >= 0.3 is 5.97 Å². The number of nitrogens with zero attached hydrogens (tertiary/aromatic N) is 1. The van der Waals surface area contributed by atoms with Crippen molar-refractivity contribution in [3.8, 4) is 0 Å². The van der Waals surface area contributed by atoms with E-state index in [2.05, 4.69) is 10.3 Å². The lowest BCUT2D eigenvalue weighted by Crippen LogP contribution is -2.16. The molecule has 2 heterocycles. The lowest BCUT2D eigenvalue weighted by molar-refractivity contribution is 0.0701. The lowest BCUT2D eigenvalue weighted by Gasteiger charge is -1.99. The molecule has 0 atom stereocenters. The molecule has 5 nitrogen and oxygen atoms in total. The summed E-state index contributed by atoms with van der Waals surface area (Å²) in [5, 5.41) is 13.1. The summed E-state index contributed by atoms with van der Waals surface area (Å²) in [6.45, 7) is 3.33. The van der Waals surface area contributed by atoms with Gasteiger partial charge in [0.2, 0.25) is 0 Å². The van der Waals surface area contributed by atoms with E-state index in [9.17, 15) is 4.79 Å². The Morgan fingerprint density at radius 1 is 1.58 bits per heavy atom. The van der Waals surface area contributed by atoms with Gasteiger partial charge < -0.3 is 14.8 Å². The van der Waals surface area contributed by atoms with Gasteiger partial charge in [-0.3, -0.25) is 0 Å². The standard InChI is InChI=1S/C13H16N2O3S/c1-2-10-12(13(16)17)19-11(15-10)5-6-14-8-9-4-3-7-18-9/h3-4,7,14H,2,5-6,8H2,1H3,(H,16,17). The van der Waals surface area contributed by atoms with E-state index < -0.39 is 5.97 Å². The number of furan rings is 1. The predicted molar refractivity (Wildman–Crippen MR) is 72.6 cm³/mol. The van der Waals surface area contributed by atoms with Crippen LogP contribution in [0.15, 0.2) is 22.8 Å². The number of carbonyl (C=O) groups is 1. The molecule has 2 N–H and O–H groups in total. The van der Waals surface area contributed by atoms with E-state index in [1.807, 2.05) is 19.1 Å². The van der Waals surface area contributed by atoms with Crippen LogP contribution in [0.1, 0.15) is 33.1 Å². The van der Waals surface area contributed by atoms with Crippen molar-refractivity contribution in [2.75, 3.05) is 6.54 Å². The van der Waals surface area contributed by atoms with Crippen molar-refractivity contribution in [1.82, 2.24) is 10.3 Å². The summed E-state index contributed by atoms with van der Waals surface area (Å²) in [6.07, 6.45) is 3.02. The van der Waals surface area contributed by atoms with Crippen LogP contribution in [0.4, 0.5) is 0 Å². The molecular weight excluding hydrogens is 264 g/mol. The highest BCUT2D eigenvalue weighted by molar-refractivity contribution is 7.13. The first kappa shape index (κ1) is 13.8. The lowest BCUT2D eigenvalue weighted by atomic mass is 10.3. The number of carboxylic acids is 1. The molecule has 0 aliphatic heterocycles. The normalized spacial score (nSPS) is 10.8. The summed E-state index contributed by atoms with van der Waals surface area (Å²) < 4.78 is 5.20. The number of aromatic carboxylic acids is 1. The fraction of sp³-hybridized carbons (Fsp3) is 0.385. The van der Waals surface area contributed by atoms with Gasteiger partial charge in [0, 0.05) is 13.0 Å². The molecule has 0 spiro atoms. The molecule has 0 aliphatic carbocycles. The molecule has 2 aromatic rings. The Morgan fingerprint density at radius 2 is 2.42 bits per heavy atom. The summed E-state index contributed by atoms with van der Waals surface area (Å²) >= 11 is 1.27. The topological polar surface area (TPSA) is 75.4 Å². The minimum absolute atomic E-state index is 0.364. The molecule has 19 heavy (non-hydrogen) atoms. The van der Waals surface area contributed by atoms with E-state index >= 15 is 0 Å². The molecule has 0 unspecified atom stereocenters. The maximum absolute atomic E-state index is 11.0. The Bertz CT molecular complexity index is 534. The maximum Gasteiger partial charge on any atom is 0.347 e. The Balaban J connectivity index is 1.84. The minimum Gasteiger partial charge on any atom is -0.477 e. The Kier molecular flexibility index (Phi) is 4.70. The summed E-state index contributed by atoms with van der Waals surface area (Å²) in [4.78, 5) is 15.7. The van der Waals surface area contributed by atoms with Gasteiger partial charge in [-0.05, 0) is 18.6 Å². The summed E-state index contributed by atoms with van der Waals surface area (Å²) in [6, 6.07) is 3.76. The molecule has 0 saturated heterocycles. The van der Waals surface area contributed by atoms with Crippen LogP contribution >= 0.6 is 11.3 Å². The van der Waals surface area contributed by atoms with E-state index in [0.717, 1.165) is 23.7 Å². The van der Waals surface area contributed by atoms with E-state index in [0.29, 0.717) is 23.5 Å². The molecule has 0 aromatic carbocycles. The van der Waals surface area contributed by atoms with Crippen molar-refractivity contribution in [2.45, 2.75) is 26.3 Å². The number of carboxylic acid groups (broad SMARTS) is 1. The molecule has 0 fully saturated rings. The Labute approximate surface area is 115 Å². The largest absolute Gasteiger partial charge is 0.477 e. The van der Waals surface area contributed by atoms with Crippen LogP contribution in [-0.2, 0) is 19.4 Å². The van der Waals surface area contributed by atoms with Gasteiger partial charge in [0.15, 0.2) is 0 Å². The molecule has 102 valence electrons. The highest BCUT2D eigenvalue weighted by Gasteiger charge is 2.15. The Morgan fingerprint density at radius 3 is 3.00 bits per heavy atom. The van der Waals surface area contributed by atoms with Crippen molar-refractivity contribution in [2.24, 2.45) is 0 Å². The second kappa shape index (κ2) is 6.49. The van der Waals surface area contributed by atoms with E-state index in [1.165, 1.54) is 11.3 Å². The maximum atomic E-state index is 11.0.